The van der Waals surface area contributed by atoms with Gasteiger partial charge >= 0.3 is 5.97 Å². The van der Waals surface area contributed by atoms with Gasteiger partial charge in [-0.2, -0.15) is 0 Å². The summed E-state index contributed by atoms with van der Waals surface area (Å²) in [4.78, 5) is 16.3. The van der Waals surface area contributed by atoms with Gasteiger partial charge in [-0.3, -0.25) is 9.78 Å². The normalized spacial score (nSPS) is 14.1. The van der Waals surface area contributed by atoms with Crippen molar-refractivity contribution in [2.45, 2.75) is 6.92 Å². The third-order valence-electron chi connectivity index (χ3n) is 5.26. The Morgan fingerprint density at radius 1 is 1.03 bits per heavy atom. The fraction of sp³-hybridized carbons (Fsp3) is 0.200. The molecule has 3 heterocycles. The number of nitrogens with zero attached hydrogens (tertiary/aromatic N) is 2. The van der Waals surface area contributed by atoms with Crippen LogP contribution in [0.25, 0.3) is 33.4 Å². The van der Waals surface area contributed by atoms with Crippen LogP contribution in [0.15, 0.2) is 77.5 Å². The molecule has 1 fully saturated rings. The first-order chi connectivity index (χ1) is 14.5. The molecular formula is C25H24N2O3. The molecule has 1 aliphatic heterocycles. The minimum absolute atomic E-state index is 0.0972. The van der Waals surface area contributed by atoms with Crippen molar-refractivity contribution >= 4 is 16.9 Å². The number of aryl methyl sites for hydroxylation is 1. The Morgan fingerprint density at radius 3 is 2.37 bits per heavy atom. The highest BCUT2D eigenvalue weighted by Crippen LogP contribution is 2.31. The Kier molecular flexibility index (Phi) is 5.63. The lowest BCUT2D eigenvalue weighted by Crippen LogP contribution is -2.47. The number of likely N-dealkylation sites (tertiary alicyclic amines) is 1. The predicted octanol–water partition coefficient (Wildman–Crippen LogP) is 5.10. The second-order valence-corrected chi connectivity index (χ2v) is 7.73. The van der Waals surface area contributed by atoms with Gasteiger partial charge in [0.15, 0.2) is 0 Å². The second-order valence-electron chi connectivity index (χ2n) is 7.73. The van der Waals surface area contributed by atoms with E-state index in [1.165, 1.54) is 5.56 Å². The van der Waals surface area contributed by atoms with Gasteiger partial charge in [-0.15, -0.1) is 0 Å². The number of fused-ring (bicyclic) bond motifs is 1. The van der Waals surface area contributed by atoms with Crippen LogP contribution in [0.3, 0.4) is 0 Å². The number of hydrogen-bond acceptors (Lipinski definition) is 4. The van der Waals surface area contributed by atoms with E-state index in [1.807, 2.05) is 30.3 Å². The zero-order valence-electron chi connectivity index (χ0n) is 17.1. The van der Waals surface area contributed by atoms with E-state index in [0.717, 1.165) is 46.5 Å². The molecule has 1 N–H and O–H groups in total. The van der Waals surface area contributed by atoms with Crippen molar-refractivity contribution in [2.75, 3.05) is 20.1 Å². The van der Waals surface area contributed by atoms with Crippen molar-refractivity contribution in [3.05, 3.63) is 78.6 Å². The molecule has 0 atom stereocenters. The maximum Gasteiger partial charge on any atom is 0.309 e. The molecule has 4 aromatic rings. The summed E-state index contributed by atoms with van der Waals surface area (Å²) in [7, 11) is 1.92. The zero-order chi connectivity index (χ0) is 21.1. The van der Waals surface area contributed by atoms with E-state index in [0.29, 0.717) is 0 Å². The molecule has 1 saturated heterocycles. The maximum absolute atomic E-state index is 10.1. The van der Waals surface area contributed by atoms with E-state index in [2.05, 4.69) is 60.4 Å². The van der Waals surface area contributed by atoms with Crippen molar-refractivity contribution in [3.63, 3.8) is 0 Å². The molecule has 5 rings (SSSR count). The topological polar surface area (TPSA) is 66.6 Å². The minimum atomic E-state index is -0.664. The monoisotopic (exact) mass is 400 g/mol. The van der Waals surface area contributed by atoms with Gasteiger partial charge in [-0.1, -0.05) is 42.0 Å². The second kappa shape index (κ2) is 8.51. The lowest BCUT2D eigenvalue weighted by Gasteiger charge is -2.32. The molecule has 0 aliphatic carbocycles. The van der Waals surface area contributed by atoms with Crippen molar-refractivity contribution in [1.29, 1.82) is 0 Å². The van der Waals surface area contributed by atoms with Gasteiger partial charge in [0, 0.05) is 42.0 Å². The SMILES string of the molecule is CN1CC(C(=O)O)C1.Cc1ccc(-c2cc3cc(-c4cccnc4)ccc3o2)cc1. The molecule has 30 heavy (non-hydrogen) atoms. The molecule has 2 aromatic heterocycles. The summed E-state index contributed by atoms with van der Waals surface area (Å²) in [5.74, 6) is 0.140. The van der Waals surface area contributed by atoms with Crippen LogP contribution in [0.2, 0.25) is 0 Å². The van der Waals surface area contributed by atoms with Crippen molar-refractivity contribution < 1.29 is 14.3 Å². The first kappa shape index (κ1) is 19.9. The molecule has 1 aliphatic rings. The highest BCUT2D eigenvalue weighted by Gasteiger charge is 2.29. The molecular weight excluding hydrogens is 376 g/mol. The van der Waals surface area contributed by atoms with Gasteiger partial charge in [0.05, 0.1) is 5.92 Å². The molecule has 2 aromatic carbocycles. The van der Waals surface area contributed by atoms with Crippen LogP contribution >= 0.6 is 0 Å². The van der Waals surface area contributed by atoms with Crippen LogP contribution in [-0.2, 0) is 4.79 Å². The number of benzene rings is 2. The van der Waals surface area contributed by atoms with E-state index < -0.39 is 5.97 Å². The number of carbonyl (C=O) groups is 1. The van der Waals surface area contributed by atoms with E-state index >= 15 is 0 Å². The Morgan fingerprint density at radius 2 is 1.77 bits per heavy atom. The highest BCUT2D eigenvalue weighted by atomic mass is 16.4. The van der Waals surface area contributed by atoms with Gasteiger partial charge in [-0.25, -0.2) is 0 Å². The van der Waals surface area contributed by atoms with Gasteiger partial charge < -0.3 is 14.4 Å². The smallest absolute Gasteiger partial charge is 0.309 e. The van der Waals surface area contributed by atoms with E-state index in [1.54, 1.807) is 6.20 Å². The van der Waals surface area contributed by atoms with Crippen molar-refractivity contribution in [1.82, 2.24) is 9.88 Å². The standard InChI is InChI=1S/C20H15NO.C5H9NO2/c1-14-4-6-15(7-5-14)20-12-18-11-16(8-9-19(18)22-20)17-3-2-10-21-13-17;1-6-2-4(3-6)5(7)8/h2-13H,1H3;4H,2-3H2,1H3,(H,7,8). The summed E-state index contributed by atoms with van der Waals surface area (Å²) in [5, 5.41) is 9.43. The summed E-state index contributed by atoms with van der Waals surface area (Å²) < 4.78 is 5.97. The molecule has 5 heteroatoms. The van der Waals surface area contributed by atoms with Crippen LogP contribution in [0, 0.1) is 12.8 Å². The number of aliphatic carboxylic acids is 1. The molecule has 152 valence electrons. The van der Waals surface area contributed by atoms with Gasteiger partial charge in [0.2, 0.25) is 0 Å². The Bertz CT molecular complexity index is 1140. The summed E-state index contributed by atoms with van der Waals surface area (Å²) >= 11 is 0. The molecule has 0 spiro atoms. The number of furan rings is 1. The number of pyridine rings is 1. The first-order valence-electron chi connectivity index (χ1n) is 9.92. The van der Waals surface area contributed by atoms with Crippen molar-refractivity contribution in [2.24, 2.45) is 5.92 Å². The van der Waals surface area contributed by atoms with Gasteiger partial charge in [0.1, 0.15) is 11.3 Å². The molecule has 0 saturated carbocycles. The number of carboxylic acid groups (broad SMARTS) is 1. The largest absolute Gasteiger partial charge is 0.481 e. The Labute approximate surface area is 175 Å². The quantitative estimate of drug-likeness (QED) is 0.518. The predicted molar refractivity (Wildman–Crippen MR) is 118 cm³/mol. The third-order valence-corrected chi connectivity index (χ3v) is 5.26. The Hall–Kier alpha value is -3.44. The van der Waals surface area contributed by atoms with E-state index in [9.17, 15) is 4.79 Å². The third kappa shape index (κ3) is 4.42. The lowest BCUT2D eigenvalue weighted by molar-refractivity contribution is -0.146. The average molecular weight is 400 g/mol. The van der Waals surface area contributed by atoms with Gasteiger partial charge in [0.25, 0.3) is 0 Å². The molecule has 0 unspecified atom stereocenters. The lowest BCUT2D eigenvalue weighted by atomic mass is 10.0. The molecule has 0 bridgehead atoms. The highest BCUT2D eigenvalue weighted by molar-refractivity contribution is 5.87. The summed E-state index contributed by atoms with van der Waals surface area (Å²) in [6, 6.07) is 20.7. The Balaban J connectivity index is 0.000000230. The number of hydrogen-bond donors (Lipinski definition) is 1. The summed E-state index contributed by atoms with van der Waals surface area (Å²) in [5.41, 5.74) is 5.52. The van der Waals surface area contributed by atoms with Gasteiger partial charge in [-0.05, 0) is 43.8 Å². The number of aromatic nitrogens is 1. The summed E-state index contributed by atoms with van der Waals surface area (Å²) in [6.45, 7) is 3.52. The maximum atomic E-state index is 10.1. The van der Waals surface area contributed by atoms with Crippen LogP contribution < -0.4 is 0 Å². The minimum Gasteiger partial charge on any atom is -0.481 e. The van der Waals surface area contributed by atoms with E-state index in [4.69, 9.17) is 9.52 Å². The molecule has 5 nitrogen and oxygen atoms in total. The van der Waals surface area contributed by atoms with Crippen LogP contribution in [0.4, 0.5) is 0 Å². The van der Waals surface area contributed by atoms with Crippen LogP contribution in [-0.4, -0.2) is 41.1 Å². The first-order valence-corrected chi connectivity index (χ1v) is 9.92. The summed E-state index contributed by atoms with van der Waals surface area (Å²) in [6.07, 6.45) is 3.66. The zero-order valence-corrected chi connectivity index (χ0v) is 17.1. The van der Waals surface area contributed by atoms with Crippen molar-refractivity contribution in [3.8, 4) is 22.5 Å². The average Bonchev–Trinajstić information content (AvgIpc) is 3.16. The molecule has 0 radical (unpaired) electrons. The fourth-order valence-corrected chi connectivity index (χ4v) is 3.47. The van der Waals surface area contributed by atoms with E-state index in [-0.39, 0.29) is 5.92 Å². The van der Waals surface area contributed by atoms with Crippen LogP contribution in [0.5, 0.6) is 0 Å². The molecule has 0 amide bonds. The van der Waals surface area contributed by atoms with Crippen LogP contribution in [0.1, 0.15) is 5.56 Å². The number of carboxylic acids is 1. The fourth-order valence-electron chi connectivity index (χ4n) is 3.47. The number of rotatable bonds is 3.